The van der Waals surface area contributed by atoms with Crippen molar-refractivity contribution in [1.29, 1.82) is 0 Å². The Labute approximate surface area is 137 Å². The van der Waals surface area contributed by atoms with Gasteiger partial charge >= 0.3 is 6.18 Å². The van der Waals surface area contributed by atoms with Gasteiger partial charge in [-0.15, -0.1) is 0 Å². The molecule has 0 aliphatic heterocycles. The summed E-state index contributed by atoms with van der Waals surface area (Å²) in [5.74, 6) is -0.0902. The molecule has 0 bridgehead atoms. The molecule has 1 aromatic heterocycles. The highest BCUT2D eigenvalue weighted by molar-refractivity contribution is 5.94. The maximum Gasteiger partial charge on any atom is 0.435 e. The number of carbonyl (C=O) groups excluding carboxylic acids is 1. The molecule has 1 heterocycles. The molecule has 1 fully saturated rings. The average molecular weight is 337 g/mol. The van der Waals surface area contributed by atoms with Gasteiger partial charge in [-0.25, -0.2) is 0 Å². The molecule has 0 spiro atoms. The third-order valence-electron chi connectivity index (χ3n) is 4.02. The van der Waals surface area contributed by atoms with E-state index in [0.717, 1.165) is 24.5 Å². The van der Waals surface area contributed by atoms with Crippen LogP contribution in [0.5, 0.6) is 0 Å². The van der Waals surface area contributed by atoms with E-state index in [1.54, 1.807) is 12.1 Å². The summed E-state index contributed by atoms with van der Waals surface area (Å²) in [7, 11) is 0. The molecule has 0 unspecified atom stereocenters. The molecule has 1 amide bonds. The summed E-state index contributed by atoms with van der Waals surface area (Å²) in [6.07, 6.45) is -2.67. The second kappa shape index (κ2) is 6.30. The van der Waals surface area contributed by atoms with Crippen LogP contribution in [0.1, 0.15) is 46.1 Å². The van der Waals surface area contributed by atoms with Gasteiger partial charge in [0.25, 0.3) is 5.91 Å². The number of benzene rings is 1. The molecule has 0 atom stereocenters. The van der Waals surface area contributed by atoms with Crippen LogP contribution in [0.2, 0.25) is 0 Å². The minimum Gasteiger partial charge on any atom is -0.350 e. The van der Waals surface area contributed by atoms with Crippen molar-refractivity contribution < 1.29 is 18.0 Å². The van der Waals surface area contributed by atoms with Gasteiger partial charge in [-0.2, -0.15) is 18.3 Å². The lowest BCUT2D eigenvalue weighted by Gasteiger charge is -2.08. The number of carbonyl (C=O) groups is 1. The van der Waals surface area contributed by atoms with Crippen LogP contribution in [0.3, 0.4) is 0 Å². The molecule has 1 aromatic carbocycles. The number of hydrogen-bond donors (Lipinski definition) is 1. The van der Waals surface area contributed by atoms with Gasteiger partial charge in [-0.3, -0.25) is 9.48 Å². The molecule has 7 heteroatoms. The number of nitrogens with zero attached hydrogens (tertiary/aromatic N) is 2. The van der Waals surface area contributed by atoms with Crippen LogP contribution in [-0.2, 0) is 12.7 Å². The van der Waals surface area contributed by atoms with Gasteiger partial charge in [0.1, 0.15) is 0 Å². The Balaban J connectivity index is 1.63. The summed E-state index contributed by atoms with van der Waals surface area (Å²) in [5, 5.41) is 6.38. The minimum atomic E-state index is -4.44. The molecule has 4 nitrogen and oxygen atoms in total. The fraction of sp³-hybridized carbons (Fsp3) is 0.412. The number of alkyl halides is 3. The van der Waals surface area contributed by atoms with Crippen molar-refractivity contribution in [3.05, 3.63) is 52.8 Å². The first-order valence-corrected chi connectivity index (χ1v) is 7.84. The topological polar surface area (TPSA) is 46.9 Å². The number of nitrogens with one attached hydrogen (secondary N) is 1. The van der Waals surface area contributed by atoms with E-state index in [-0.39, 0.29) is 24.9 Å². The SMILES string of the molecule is Cc1ccc(C(=O)NCCn2nc(C(F)(F)F)cc2C2CC2)cc1. The van der Waals surface area contributed by atoms with E-state index < -0.39 is 11.9 Å². The van der Waals surface area contributed by atoms with Crippen molar-refractivity contribution in [2.24, 2.45) is 0 Å². The maximum absolute atomic E-state index is 12.8. The van der Waals surface area contributed by atoms with Crippen LogP contribution in [0.15, 0.2) is 30.3 Å². The smallest absolute Gasteiger partial charge is 0.350 e. The fourth-order valence-electron chi connectivity index (χ4n) is 2.54. The highest BCUT2D eigenvalue weighted by atomic mass is 19.4. The Morgan fingerprint density at radius 1 is 1.29 bits per heavy atom. The van der Waals surface area contributed by atoms with Gasteiger partial charge in [0.05, 0.1) is 6.54 Å². The molecule has 128 valence electrons. The Bertz CT molecular complexity index is 731. The number of rotatable bonds is 5. The highest BCUT2D eigenvalue weighted by Crippen LogP contribution is 2.42. The lowest BCUT2D eigenvalue weighted by atomic mass is 10.1. The summed E-state index contributed by atoms with van der Waals surface area (Å²) in [5.41, 5.74) is 1.32. The van der Waals surface area contributed by atoms with E-state index in [2.05, 4.69) is 10.4 Å². The Morgan fingerprint density at radius 3 is 2.54 bits per heavy atom. The minimum absolute atomic E-state index is 0.154. The first kappa shape index (κ1) is 16.5. The predicted octanol–water partition coefficient (Wildman–Crippen LogP) is 3.52. The van der Waals surface area contributed by atoms with Crippen LogP contribution < -0.4 is 5.32 Å². The van der Waals surface area contributed by atoms with Crippen LogP contribution >= 0.6 is 0 Å². The van der Waals surface area contributed by atoms with Gasteiger partial charge in [-0.05, 0) is 38.0 Å². The van der Waals surface area contributed by atoms with Crippen LogP contribution in [0.25, 0.3) is 0 Å². The molecule has 1 saturated carbocycles. The largest absolute Gasteiger partial charge is 0.435 e. The van der Waals surface area contributed by atoms with E-state index >= 15 is 0 Å². The second-order valence-corrected chi connectivity index (χ2v) is 6.07. The van der Waals surface area contributed by atoms with Crippen LogP contribution in [0.4, 0.5) is 13.2 Å². The van der Waals surface area contributed by atoms with Crippen molar-refractivity contribution >= 4 is 5.91 Å². The summed E-state index contributed by atoms with van der Waals surface area (Å²) < 4.78 is 39.8. The number of halogens is 3. The molecule has 0 saturated heterocycles. The highest BCUT2D eigenvalue weighted by Gasteiger charge is 2.37. The van der Waals surface area contributed by atoms with E-state index in [9.17, 15) is 18.0 Å². The number of aromatic nitrogens is 2. The van der Waals surface area contributed by atoms with Crippen molar-refractivity contribution in [1.82, 2.24) is 15.1 Å². The summed E-state index contributed by atoms with van der Waals surface area (Å²) in [6, 6.07) is 8.23. The van der Waals surface area contributed by atoms with Gasteiger partial charge in [0.15, 0.2) is 5.69 Å². The fourth-order valence-corrected chi connectivity index (χ4v) is 2.54. The van der Waals surface area contributed by atoms with Gasteiger partial charge in [0.2, 0.25) is 0 Å². The van der Waals surface area contributed by atoms with Gasteiger partial charge in [-0.1, -0.05) is 17.7 Å². The van der Waals surface area contributed by atoms with Crippen LogP contribution in [0, 0.1) is 6.92 Å². The average Bonchev–Trinajstić information content (AvgIpc) is 3.27. The van der Waals surface area contributed by atoms with E-state index in [1.807, 2.05) is 19.1 Å². The third kappa shape index (κ3) is 3.77. The van der Waals surface area contributed by atoms with Gasteiger partial charge < -0.3 is 5.32 Å². The molecule has 0 radical (unpaired) electrons. The zero-order valence-corrected chi connectivity index (χ0v) is 13.2. The molecule has 2 aromatic rings. The number of amides is 1. The summed E-state index contributed by atoms with van der Waals surface area (Å²) in [4.78, 5) is 12.0. The Morgan fingerprint density at radius 2 is 1.96 bits per heavy atom. The molecule has 1 N–H and O–H groups in total. The van der Waals surface area contributed by atoms with Crippen molar-refractivity contribution in [2.45, 2.75) is 38.4 Å². The van der Waals surface area contributed by atoms with Crippen LogP contribution in [-0.4, -0.2) is 22.2 Å². The molecule has 1 aliphatic rings. The van der Waals surface area contributed by atoms with E-state index in [0.29, 0.717) is 11.3 Å². The summed E-state index contributed by atoms with van der Waals surface area (Å²) >= 11 is 0. The lowest BCUT2D eigenvalue weighted by molar-refractivity contribution is -0.141. The van der Waals surface area contributed by atoms with E-state index in [4.69, 9.17) is 0 Å². The zero-order valence-electron chi connectivity index (χ0n) is 13.2. The van der Waals surface area contributed by atoms with Gasteiger partial charge in [0, 0.05) is 23.7 Å². The second-order valence-electron chi connectivity index (χ2n) is 6.07. The maximum atomic E-state index is 12.8. The first-order chi connectivity index (χ1) is 11.3. The van der Waals surface area contributed by atoms with Crippen molar-refractivity contribution in [3.8, 4) is 0 Å². The normalized spacial score (nSPS) is 14.7. The molecule has 3 rings (SSSR count). The Kier molecular flexibility index (Phi) is 4.34. The quantitative estimate of drug-likeness (QED) is 0.907. The number of hydrogen-bond acceptors (Lipinski definition) is 2. The molecular formula is C17H18F3N3O. The zero-order chi connectivity index (χ0) is 17.3. The Hall–Kier alpha value is -2.31. The third-order valence-corrected chi connectivity index (χ3v) is 4.02. The predicted molar refractivity (Wildman–Crippen MR) is 82.7 cm³/mol. The summed E-state index contributed by atoms with van der Waals surface area (Å²) in [6.45, 7) is 2.38. The molecular weight excluding hydrogens is 319 g/mol. The number of aryl methyl sites for hydroxylation is 1. The standard InChI is InChI=1S/C17H18F3N3O/c1-11-2-4-13(5-3-11)16(24)21-8-9-23-14(12-6-7-12)10-15(22-23)17(18,19)20/h2-5,10,12H,6-9H2,1H3,(H,21,24). The lowest BCUT2D eigenvalue weighted by Crippen LogP contribution is -2.28. The monoisotopic (exact) mass is 337 g/mol. The molecule has 24 heavy (non-hydrogen) atoms. The molecule has 1 aliphatic carbocycles. The van der Waals surface area contributed by atoms with E-state index in [1.165, 1.54) is 4.68 Å². The van der Waals surface area contributed by atoms with Crippen molar-refractivity contribution in [3.63, 3.8) is 0 Å². The van der Waals surface area contributed by atoms with Crippen molar-refractivity contribution in [2.75, 3.05) is 6.54 Å². The first-order valence-electron chi connectivity index (χ1n) is 7.84.